The number of aliphatic hydroxyl groups excluding tert-OH is 1. The molecule has 24 heavy (non-hydrogen) atoms. The monoisotopic (exact) mass is 330 g/mol. The van der Waals surface area contributed by atoms with E-state index in [4.69, 9.17) is 4.74 Å². The molecule has 1 aliphatic carbocycles. The summed E-state index contributed by atoms with van der Waals surface area (Å²) in [5.41, 5.74) is 3.19. The summed E-state index contributed by atoms with van der Waals surface area (Å²) in [4.78, 5) is 16.7. The van der Waals surface area contributed by atoms with E-state index in [2.05, 4.69) is 17.9 Å². The zero-order valence-electron chi connectivity index (χ0n) is 14.3. The van der Waals surface area contributed by atoms with E-state index >= 15 is 0 Å². The SMILES string of the molecule is C[C@@H]1Cc2cc([C@H](O)CN3CCOCC3)ccc2N1C(=O)C1CC1. The van der Waals surface area contributed by atoms with Gasteiger partial charge in [0.25, 0.3) is 0 Å². The van der Waals surface area contributed by atoms with Crippen molar-refractivity contribution in [2.45, 2.75) is 38.3 Å². The number of benzene rings is 1. The maximum absolute atomic E-state index is 12.5. The Kier molecular flexibility index (Phi) is 4.33. The van der Waals surface area contributed by atoms with Crippen molar-refractivity contribution in [2.75, 3.05) is 37.7 Å². The molecule has 2 atom stereocenters. The molecule has 1 aromatic rings. The summed E-state index contributed by atoms with van der Waals surface area (Å²) >= 11 is 0. The van der Waals surface area contributed by atoms with Crippen LogP contribution in [0.3, 0.4) is 0 Å². The number of anilines is 1. The average molecular weight is 330 g/mol. The molecule has 5 heteroatoms. The summed E-state index contributed by atoms with van der Waals surface area (Å²) in [6.07, 6.45) is 2.46. The summed E-state index contributed by atoms with van der Waals surface area (Å²) in [5.74, 6) is 0.521. The summed E-state index contributed by atoms with van der Waals surface area (Å²) in [7, 11) is 0. The van der Waals surface area contributed by atoms with Crippen LogP contribution in [0.25, 0.3) is 0 Å². The maximum Gasteiger partial charge on any atom is 0.230 e. The molecule has 130 valence electrons. The van der Waals surface area contributed by atoms with E-state index < -0.39 is 6.10 Å². The van der Waals surface area contributed by atoms with E-state index in [0.29, 0.717) is 6.54 Å². The van der Waals surface area contributed by atoms with Crippen molar-refractivity contribution in [1.29, 1.82) is 0 Å². The fourth-order valence-electron chi connectivity index (χ4n) is 3.85. The van der Waals surface area contributed by atoms with Crippen LogP contribution in [0, 0.1) is 5.92 Å². The highest BCUT2D eigenvalue weighted by Gasteiger charge is 2.39. The molecule has 0 unspecified atom stereocenters. The van der Waals surface area contributed by atoms with Gasteiger partial charge in [0, 0.05) is 37.3 Å². The van der Waals surface area contributed by atoms with Crippen LogP contribution in [0.1, 0.15) is 37.0 Å². The van der Waals surface area contributed by atoms with Crippen molar-refractivity contribution in [2.24, 2.45) is 5.92 Å². The van der Waals surface area contributed by atoms with Crippen LogP contribution in [-0.2, 0) is 16.0 Å². The number of carbonyl (C=O) groups is 1. The molecule has 1 aromatic carbocycles. The van der Waals surface area contributed by atoms with Crippen molar-refractivity contribution in [1.82, 2.24) is 4.90 Å². The minimum Gasteiger partial charge on any atom is -0.387 e. The lowest BCUT2D eigenvalue weighted by atomic mass is 10.0. The van der Waals surface area contributed by atoms with Gasteiger partial charge in [-0.25, -0.2) is 0 Å². The summed E-state index contributed by atoms with van der Waals surface area (Å²) in [5, 5.41) is 10.6. The topological polar surface area (TPSA) is 53.0 Å². The van der Waals surface area contributed by atoms with Crippen LogP contribution < -0.4 is 4.90 Å². The Morgan fingerprint density at radius 2 is 2.08 bits per heavy atom. The third-order valence-electron chi connectivity index (χ3n) is 5.40. The predicted octanol–water partition coefficient (Wildman–Crippen LogP) is 1.74. The van der Waals surface area contributed by atoms with E-state index in [-0.39, 0.29) is 17.9 Å². The molecule has 5 nitrogen and oxygen atoms in total. The number of fused-ring (bicyclic) bond motifs is 1. The molecule has 1 saturated carbocycles. The summed E-state index contributed by atoms with van der Waals surface area (Å²) in [6.45, 7) is 6.00. The Balaban J connectivity index is 1.49. The lowest BCUT2D eigenvalue weighted by molar-refractivity contribution is -0.120. The third-order valence-corrected chi connectivity index (χ3v) is 5.40. The van der Waals surface area contributed by atoms with E-state index in [9.17, 15) is 9.90 Å². The van der Waals surface area contributed by atoms with Gasteiger partial charge in [-0.2, -0.15) is 0 Å². The number of hydrogen-bond acceptors (Lipinski definition) is 4. The smallest absolute Gasteiger partial charge is 0.230 e. The van der Waals surface area contributed by atoms with E-state index in [1.165, 1.54) is 5.56 Å². The lowest BCUT2D eigenvalue weighted by Gasteiger charge is -2.28. The highest BCUT2D eigenvalue weighted by Crippen LogP contribution is 2.39. The minimum atomic E-state index is -0.489. The molecule has 3 aliphatic rings. The molecule has 2 heterocycles. The van der Waals surface area contributed by atoms with Gasteiger partial charge in [-0.3, -0.25) is 9.69 Å². The number of rotatable bonds is 4. The second kappa shape index (κ2) is 6.47. The first-order valence-electron chi connectivity index (χ1n) is 9.07. The van der Waals surface area contributed by atoms with Crippen LogP contribution in [0.5, 0.6) is 0 Å². The molecule has 1 N–H and O–H groups in total. The van der Waals surface area contributed by atoms with Gasteiger partial charge in [0.05, 0.1) is 19.3 Å². The second-order valence-electron chi connectivity index (χ2n) is 7.35. The van der Waals surface area contributed by atoms with E-state index in [1.807, 2.05) is 17.0 Å². The first-order valence-corrected chi connectivity index (χ1v) is 9.07. The Labute approximate surface area is 143 Å². The molecule has 2 fully saturated rings. The number of aliphatic hydroxyl groups is 1. The third kappa shape index (κ3) is 3.08. The number of nitrogens with zero attached hydrogens (tertiary/aromatic N) is 2. The Morgan fingerprint density at radius 1 is 1.33 bits per heavy atom. The summed E-state index contributed by atoms with van der Waals surface area (Å²) in [6, 6.07) is 6.32. The molecule has 1 amide bonds. The first kappa shape index (κ1) is 16.1. The van der Waals surface area contributed by atoms with Gasteiger partial charge in [-0.15, -0.1) is 0 Å². The van der Waals surface area contributed by atoms with Crippen molar-refractivity contribution in [3.8, 4) is 0 Å². The fourth-order valence-corrected chi connectivity index (χ4v) is 3.85. The first-order chi connectivity index (χ1) is 11.6. The quantitative estimate of drug-likeness (QED) is 0.914. The number of β-amino-alcohol motifs (C(OH)–C–C–N with tert-alkyl or cyclic N) is 1. The lowest BCUT2D eigenvalue weighted by Crippen LogP contribution is -2.38. The number of ether oxygens (including phenoxy) is 1. The molecule has 0 radical (unpaired) electrons. The molecule has 4 rings (SSSR count). The highest BCUT2D eigenvalue weighted by molar-refractivity contribution is 5.98. The van der Waals surface area contributed by atoms with Gasteiger partial charge >= 0.3 is 0 Å². The molecular formula is C19H26N2O3. The number of amides is 1. The zero-order chi connectivity index (χ0) is 16.7. The van der Waals surface area contributed by atoms with Gasteiger partial charge in [0.1, 0.15) is 0 Å². The minimum absolute atomic E-state index is 0.222. The van der Waals surface area contributed by atoms with Crippen molar-refractivity contribution < 1.29 is 14.6 Å². The molecule has 1 saturated heterocycles. The van der Waals surface area contributed by atoms with E-state index in [1.54, 1.807) is 0 Å². The Hall–Kier alpha value is -1.43. The van der Waals surface area contributed by atoms with Gasteiger partial charge in [-0.05, 0) is 43.4 Å². The molecule has 0 aromatic heterocycles. The van der Waals surface area contributed by atoms with Crippen LogP contribution >= 0.6 is 0 Å². The predicted molar refractivity (Wildman–Crippen MR) is 92.0 cm³/mol. The van der Waals surface area contributed by atoms with Crippen molar-refractivity contribution in [3.05, 3.63) is 29.3 Å². The number of hydrogen-bond donors (Lipinski definition) is 1. The van der Waals surface area contributed by atoms with E-state index in [0.717, 1.165) is 56.8 Å². The normalized spacial score (nSPS) is 25.6. The van der Waals surface area contributed by atoms with Crippen molar-refractivity contribution in [3.63, 3.8) is 0 Å². The van der Waals surface area contributed by atoms with Crippen LogP contribution in [-0.4, -0.2) is 54.8 Å². The largest absolute Gasteiger partial charge is 0.387 e. The van der Waals surface area contributed by atoms with Crippen LogP contribution in [0.15, 0.2) is 18.2 Å². The standard InChI is InChI=1S/C19H26N2O3/c1-13-10-16-11-15(18(22)12-20-6-8-24-9-7-20)4-5-17(16)21(13)19(23)14-2-3-14/h4-5,11,13-14,18,22H,2-3,6-10,12H2,1H3/t13-,18-/m1/s1. The second-order valence-corrected chi connectivity index (χ2v) is 7.35. The Bertz CT molecular complexity index is 623. The fraction of sp³-hybridized carbons (Fsp3) is 0.632. The number of morpholine rings is 1. The van der Waals surface area contributed by atoms with Crippen LogP contribution in [0.2, 0.25) is 0 Å². The molecule has 0 bridgehead atoms. The van der Waals surface area contributed by atoms with Crippen molar-refractivity contribution >= 4 is 11.6 Å². The van der Waals surface area contributed by atoms with Crippen LogP contribution in [0.4, 0.5) is 5.69 Å². The Morgan fingerprint density at radius 3 is 2.79 bits per heavy atom. The molecule has 2 aliphatic heterocycles. The zero-order valence-corrected chi connectivity index (χ0v) is 14.3. The van der Waals surface area contributed by atoms with Gasteiger partial charge < -0.3 is 14.7 Å². The average Bonchev–Trinajstić information content (AvgIpc) is 3.37. The van der Waals surface area contributed by atoms with Gasteiger partial charge in [0.2, 0.25) is 5.91 Å². The van der Waals surface area contributed by atoms with Gasteiger partial charge in [-0.1, -0.05) is 12.1 Å². The summed E-state index contributed by atoms with van der Waals surface area (Å²) < 4.78 is 5.36. The number of carbonyl (C=O) groups excluding carboxylic acids is 1. The maximum atomic E-state index is 12.5. The molecular weight excluding hydrogens is 304 g/mol. The highest BCUT2D eigenvalue weighted by atomic mass is 16.5. The van der Waals surface area contributed by atoms with Gasteiger partial charge in [0.15, 0.2) is 0 Å². The molecule has 0 spiro atoms.